The standard InChI is InChI=1S/C16H24NSi/c1-13(2)16-7-5-15(6-8-16)11-14(3)12-17-9-4-10-18/h5-8,12-14H,4,9-11H2,1-3H3. The monoisotopic (exact) mass is 258 g/mol. The summed E-state index contributed by atoms with van der Waals surface area (Å²) < 4.78 is 0. The van der Waals surface area contributed by atoms with Crippen molar-refractivity contribution in [2.75, 3.05) is 6.54 Å². The van der Waals surface area contributed by atoms with Gasteiger partial charge in [-0.25, -0.2) is 0 Å². The predicted molar refractivity (Wildman–Crippen MR) is 81.9 cm³/mol. The van der Waals surface area contributed by atoms with Crippen LogP contribution in [0.25, 0.3) is 0 Å². The minimum atomic E-state index is 0.518. The summed E-state index contributed by atoms with van der Waals surface area (Å²) in [6.07, 6.45) is 4.29. The van der Waals surface area contributed by atoms with E-state index in [-0.39, 0.29) is 0 Å². The van der Waals surface area contributed by atoms with Crippen molar-refractivity contribution in [2.45, 2.75) is 45.6 Å². The van der Waals surface area contributed by atoms with Gasteiger partial charge in [0.05, 0.1) is 0 Å². The third kappa shape index (κ3) is 5.63. The van der Waals surface area contributed by atoms with Crippen LogP contribution in [0, 0.1) is 5.92 Å². The van der Waals surface area contributed by atoms with Gasteiger partial charge in [-0.15, -0.1) is 0 Å². The molecule has 0 aliphatic heterocycles. The zero-order valence-corrected chi connectivity index (χ0v) is 12.8. The fraction of sp³-hybridized carbons (Fsp3) is 0.562. The second-order valence-electron chi connectivity index (χ2n) is 5.24. The lowest BCUT2D eigenvalue weighted by atomic mass is 9.97. The third-order valence-corrected chi connectivity index (χ3v) is 3.38. The summed E-state index contributed by atoms with van der Waals surface area (Å²) >= 11 is 0. The molecule has 18 heavy (non-hydrogen) atoms. The SMILES string of the molecule is CC(C=NCCC[Si])Cc1ccc(C(C)C)cc1. The molecule has 0 bridgehead atoms. The number of hydrogen-bond donors (Lipinski definition) is 0. The molecule has 0 amide bonds. The summed E-state index contributed by atoms with van der Waals surface area (Å²) in [6.45, 7) is 7.62. The van der Waals surface area contributed by atoms with Gasteiger partial charge in [0.25, 0.3) is 0 Å². The van der Waals surface area contributed by atoms with Crippen molar-refractivity contribution in [3.8, 4) is 0 Å². The molecule has 0 fully saturated rings. The fourth-order valence-corrected chi connectivity index (χ4v) is 2.05. The molecule has 1 atom stereocenters. The van der Waals surface area contributed by atoms with Gasteiger partial charge in [0.15, 0.2) is 0 Å². The average Bonchev–Trinajstić information content (AvgIpc) is 2.35. The Morgan fingerprint density at radius 1 is 1.17 bits per heavy atom. The summed E-state index contributed by atoms with van der Waals surface area (Å²) in [5.74, 6) is 1.13. The minimum Gasteiger partial charge on any atom is -0.297 e. The first-order valence-corrected chi connectivity index (χ1v) is 7.57. The van der Waals surface area contributed by atoms with Crippen LogP contribution in [0.4, 0.5) is 0 Å². The largest absolute Gasteiger partial charge is 0.297 e. The van der Waals surface area contributed by atoms with E-state index in [9.17, 15) is 0 Å². The van der Waals surface area contributed by atoms with E-state index in [1.807, 2.05) is 0 Å². The van der Waals surface area contributed by atoms with Crippen LogP contribution in [-0.4, -0.2) is 23.0 Å². The molecule has 3 radical (unpaired) electrons. The number of hydrogen-bond acceptors (Lipinski definition) is 1. The van der Waals surface area contributed by atoms with Gasteiger partial charge in [-0.1, -0.05) is 51.1 Å². The second kappa shape index (κ2) is 8.25. The maximum atomic E-state index is 4.45. The molecule has 1 rings (SSSR count). The summed E-state index contributed by atoms with van der Waals surface area (Å²) in [4.78, 5) is 4.45. The van der Waals surface area contributed by atoms with Crippen molar-refractivity contribution in [1.29, 1.82) is 0 Å². The van der Waals surface area contributed by atoms with Gasteiger partial charge in [-0.2, -0.15) is 0 Å². The number of aliphatic imine (C=N–C) groups is 1. The lowest BCUT2D eigenvalue weighted by molar-refractivity contribution is 0.772. The van der Waals surface area contributed by atoms with Gasteiger partial charge in [0.2, 0.25) is 0 Å². The zero-order valence-electron chi connectivity index (χ0n) is 11.8. The summed E-state index contributed by atoms with van der Waals surface area (Å²) in [7, 11) is 3.46. The molecule has 0 saturated carbocycles. The molecular weight excluding hydrogens is 234 g/mol. The van der Waals surface area contributed by atoms with Crippen LogP contribution in [0.1, 0.15) is 44.2 Å². The van der Waals surface area contributed by atoms with Gasteiger partial charge in [0.1, 0.15) is 0 Å². The van der Waals surface area contributed by atoms with E-state index in [0.717, 1.165) is 25.4 Å². The molecule has 1 aromatic rings. The average molecular weight is 258 g/mol. The van der Waals surface area contributed by atoms with E-state index in [0.29, 0.717) is 11.8 Å². The Labute approximate surface area is 115 Å². The fourth-order valence-electron chi connectivity index (χ4n) is 1.89. The molecule has 1 aromatic carbocycles. The van der Waals surface area contributed by atoms with Crippen LogP contribution in [0.2, 0.25) is 6.04 Å². The second-order valence-corrected chi connectivity index (χ2v) is 5.74. The molecule has 0 aliphatic carbocycles. The van der Waals surface area contributed by atoms with E-state index >= 15 is 0 Å². The normalized spacial score (nSPS) is 13.4. The van der Waals surface area contributed by atoms with Crippen molar-refractivity contribution < 1.29 is 0 Å². The van der Waals surface area contributed by atoms with Crippen molar-refractivity contribution in [3.05, 3.63) is 35.4 Å². The topological polar surface area (TPSA) is 12.4 Å². The lowest BCUT2D eigenvalue weighted by Gasteiger charge is -2.09. The molecule has 0 aromatic heterocycles. The maximum Gasteiger partial charge on any atom is 0.0382 e. The Morgan fingerprint density at radius 3 is 2.39 bits per heavy atom. The van der Waals surface area contributed by atoms with Gasteiger partial charge >= 0.3 is 0 Å². The summed E-state index contributed by atoms with van der Waals surface area (Å²) in [5.41, 5.74) is 2.82. The first-order valence-electron chi connectivity index (χ1n) is 6.87. The van der Waals surface area contributed by atoms with E-state index in [4.69, 9.17) is 0 Å². The highest BCUT2D eigenvalue weighted by molar-refractivity contribution is 6.08. The first-order chi connectivity index (χ1) is 8.63. The van der Waals surface area contributed by atoms with E-state index in [1.165, 1.54) is 11.1 Å². The quantitative estimate of drug-likeness (QED) is 0.398. The van der Waals surface area contributed by atoms with Gasteiger partial charge in [-0.3, -0.25) is 4.99 Å². The Bertz CT molecular complexity index is 354. The molecule has 2 heteroatoms. The number of benzene rings is 1. The predicted octanol–water partition coefficient (Wildman–Crippen LogP) is 4.04. The van der Waals surface area contributed by atoms with Crippen molar-refractivity contribution in [3.63, 3.8) is 0 Å². The van der Waals surface area contributed by atoms with Gasteiger partial charge in [-0.05, 0) is 35.8 Å². The highest BCUT2D eigenvalue weighted by atomic mass is 28.1. The van der Waals surface area contributed by atoms with E-state index in [1.54, 1.807) is 0 Å². The molecule has 97 valence electrons. The number of rotatable bonds is 7. The molecule has 1 nitrogen and oxygen atoms in total. The smallest absolute Gasteiger partial charge is 0.0382 e. The molecule has 0 aliphatic rings. The van der Waals surface area contributed by atoms with Crippen LogP contribution in [0.5, 0.6) is 0 Å². The summed E-state index contributed by atoms with van der Waals surface area (Å²) in [5, 5.41) is 0. The lowest BCUT2D eigenvalue weighted by Crippen LogP contribution is -2.02. The molecular formula is C16H24NSi. The Balaban J connectivity index is 2.44. The van der Waals surface area contributed by atoms with E-state index in [2.05, 4.69) is 66.5 Å². The molecule has 0 N–H and O–H groups in total. The van der Waals surface area contributed by atoms with Crippen LogP contribution in [0.3, 0.4) is 0 Å². The first kappa shape index (κ1) is 15.2. The van der Waals surface area contributed by atoms with Gasteiger partial charge < -0.3 is 0 Å². The molecule has 0 saturated heterocycles. The van der Waals surface area contributed by atoms with Crippen LogP contribution in [-0.2, 0) is 6.42 Å². The van der Waals surface area contributed by atoms with Crippen LogP contribution in [0.15, 0.2) is 29.3 Å². The molecule has 0 spiro atoms. The van der Waals surface area contributed by atoms with E-state index < -0.39 is 0 Å². The summed E-state index contributed by atoms with van der Waals surface area (Å²) in [6, 6.07) is 10.0. The highest BCUT2D eigenvalue weighted by Gasteiger charge is 2.02. The van der Waals surface area contributed by atoms with Gasteiger partial charge in [0, 0.05) is 23.0 Å². The van der Waals surface area contributed by atoms with Crippen LogP contribution >= 0.6 is 0 Å². The minimum absolute atomic E-state index is 0.518. The zero-order chi connectivity index (χ0) is 13.4. The van der Waals surface area contributed by atoms with Crippen molar-refractivity contribution in [1.82, 2.24) is 0 Å². The highest BCUT2D eigenvalue weighted by Crippen LogP contribution is 2.16. The Morgan fingerprint density at radius 2 is 1.83 bits per heavy atom. The third-order valence-electron chi connectivity index (χ3n) is 3.03. The number of nitrogens with zero attached hydrogens (tertiary/aromatic N) is 1. The van der Waals surface area contributed by atoms with Crippen molar-refractivity contribution in [2.24, 2.45) is 10.9 Å². The van der Waals surface area contributed by atoms with Crippen molar-refractivity contribution >= 4 is 16.5 Å². The Hall–Kier alpha value is -0.893. The Kier molecular flexibility index (Phi) is 6.95. The molecule has 0 heterocycles. The maximum absolute atomic E-state index is 4.45. The molecule has 1 unspecified atom stereocenters. The van der Waals surface area contributed by atoms with Crippen LogP contribution < -0.4 is 0 Å².